The van der Waals surface area contributed by atoms with Crippen molar-refractivity contribution in [2.75, 3.05) is 5.75 Å². The highest BCUT2D eigenvalue weighted by Crippen LogP contribution is 2.35. The molecule has 1 nitrogen and oxygen atoms in total. The van der Waals surface area contributed by atoms with Crippen molar-refractivity contribution >= 4 is 17.5 Å². The summed E-state index contributed by atoms with van der Waals surface area (Å²) in [5.74, 6) is 1.04. The van der Waals surface area contributed by atoms with E-state index in [0.29, 0.717) is 0 Å². The molecule has 0 spiro atoms. The second-order valence-electron chi connectivity index (χ2n) is 5.06. The number of allylic oxidation sites excluding steroid dienone is 4. The Kier molecular flexibility index (Phi) is 3.76. The molecule has 2 rings (SSSR count). The third kappa shape index (κ3) is 2.75. The Balaban J connectivity index is 2.13. The topological polar surface area (TPSA) is 17.1 Å². The number of ketones is 1. The molecule has 94 valence electrons. The maximum atomic E-state index is 12.3. The minimum absolute atomic E-state index is 0.247. The van der Waals surface area contributed by atoms with Gasteiger partial charge in [0.15, 0.2) is 5.78 Å². The van der Waals surface area contributed by atoms with Gasteiger partial charge in [-0.05, 0) is 38.5 Å². The average Bonchev–Trinajstić information content (AvgIpc) is 2.35. The molecular formula is C16H18OS. The monoisotopic (exact) mass is 258 g/mol. The van der Waals surface area contributed by atoms with Crippen molar-refractivity contribution in [3.8, 4) is 0 Å². The van der Waals surface area contributed by atoms with Crippen LogP contribution in [0.3, 0.4) is 0 Å². The van der Waals surface area contributed by atoms with Gasteiger partial charge in [0, 0.05) is 10.6 Å². The lowest BCUT2D eigenvalue weighted by atomic mass is 9.79. The maximum Gasteiger partial charge on any atom is 0.169 e. The van der Waals surface area contributed by atoms with E-state index in [1.807, 2.05) is 38.1 Å². The summed E-state index contributed by atoms with van der Waals surface area (Å²) in [4.78, 5) is 13.5. The first-order valence-corrected chi connectivity index (χ1v) is 7.10. The largest absolute Gasteiger partial charge is 0.294 e. The van der Waals surface area contributed by atoms with Crippen molar-refractivity contribution in [3.63, 3.8) is 0 Å². The molecule has 0 aromatic heterocycles. The van der Waals surface area contributed by atoms with Gasteiger partial charge in [-0.3, -0.25) is 4.79 Å². The maximum absolute atomic E-state index is 12.3. The number of Topliss-reactive ketones (excluding diaryl/α,β-unsaturated/α-hetero) is 1. The zero-order valence-electron chi connectivity index (χ0n) is 11.1. The van der Waals surface area contributed by atoms with Gasteiger partial charge in [0.1, 0.15) is 0 Å². The fourth-order valence-corrected chi connectivity index (χ4v) is 3.35. The summed E-state index contributed by atoms with van der Waals surface area (Å²) in [6.45, 7) is 6.00. The van der Waals surface area contributed by atoms with Crippen LogP contribution in [-0.4, -0.2) is 11.5 Å². The zero-order chi connectivity index (χ0) is 13.2. The van der Waals surface area contributed by atoms with Gasteiger partial charge in [0.25, 0.3) is 0 Å². The van der Waals surface area contributed by atoms with Crippen LogP contribution < -0.4 is 0 Å². The van der Waals surface area contributed by atoms with E-state index in [9.17, 15) is 4.79 Å². The molecule has 1 aliphatic carbocycles. The molecule has 0 radical (unpaired) electrons. The van der Waals surface area contributed by atoms with Crippen LogP contribution in [0.25, 0.3) is 0 Å². The van der Waals surface area contributed by atoms with Gasteiger partial charge in [0.2, 0.25) is 0 Å². The summed E-state index contributed by atoms with van der Waals surface area (Å²) in [7, 11) is 0. The molecule has 1 atom stereocenters. The highest BCUT2D eigenvalue weighted by molar-refractivity contribution is 7.99. The van der Waals surface area contributed by atoms with Crippen LogP contribution >= 0.6 is 11.8 Å². The molecule has 1 aromatic carbocycles. The Hall–Kier alpha value is -1.28. The number of hydrogen-bond donors (Lipinski definition) is 0. The van der Waals surface area contributed by atoms with Crippen LogP contribution in [0.1, 0.15) is 20.8 Å². The number of carbonyl (C=O) groups is 1. The van der Waals surface area contributed by atoms with E-state index in [4.69, 9.17) is 0 Å². The van der Waals surface area contributed by atoms with Gasteiger partial charge in [0.05, 0.1) is 5.41 Å². The minimum atomic E-state index is -0.372. The van der Waals surface area contributed by atoms with Crippen molar-refractivity contribution in [2.24, 2.45) is 5.41 Å². The minimum Gasteiger partial charge on any atom is -0.294 e. The summed E-state index contributed by atoms with van der Waals surface area (Å²) < 4.78 is 0. The lowest BCUT2D eigenvalue weighted by molar-refractivity contribution is -0.121. The van der Waals surface area contributed by atoms with Crippen LogP contribution in [0.5, 0.6) is 0 Å². The van der Waals surface area contributed by atoms with Gasteiger partial charge in [-0.1, -0.05) is 35.9 Å². The lowest BCUT2D eigenvalue weighted by Gasteiger charge is -2.28. The Morgan fingerprint density at radius 3 is 2.50 bits per heavy atom. The van der Waals surface area contributed by atoms with E-state index in [0.717, 1.165) is 11.3 Å². The molecule has 2 heteroatoms. The Bertz CT molecular complexity index is 513. The van der Waals surface area contributed by atoms with Crippen LogP contribution in [0.15, 0.2) is 58.5 Å². The Morgan fingerprint density at radius 1 is 1.17 bits per heavy atom. The first-order chi connectivity index (χ1) is 8.51. The van der Waals surface area contributed by atoms with E-state index >= 15 is 0 Å². The first kappa shape index (κ1) is 13.2. The third-order valence-electron chi connectivity index (χ3n) is 3.15. The molecule has 1 aromatic rings. The molecule has 0 bridgehead atoms. The van der Waals surface area contributed by atoms with E-state index in [2.05, 4.69) is 25.1 Å². The number of hydrogen-bond acceptors (Lipinski definition) is 2. The number of thioether (sulfide) groups is 1. The molecule has 0 aliphatic heterocycles. The molecule has 0 saturated carbocycles. The van der Waals surface area contributed by atoms with Crippen LogP contribution in [0, 0.1) is 5.41 Å². The SMILES string of the molecule is CC1=CC(C)(CSc2ccccc2)C(=O)C(C)=C1. The molecular weight excluding hydrogens is 240 g/mol. The van der Waals surface area contributed by atoms with Gasteiger partial charge in [-0.15, -0.1) is 11.8 Å². The quantitative estimate of drug-likeness (QED) is 0.753. The smallest absolute Gasteiger partial charge is 0.169 e. The lowest BCUT2D eigenvalue weighted by Crippen LogP contribution is -2.31. The van der Waals surface area contributed by atoms with Gasteiger partial charge in [-0.25, -0.2) is 0 Å². The van der Waals surface area contributed by atoms with E-state index < -0.39 is 0 Å². The van der Waals surface area contributed by atoms with Crippen molar-refractivity contribution in [1.82, 2.24) is 0 Å². The fourth-order valence-electron chi connectivity index (χ4n) is 2.32. The molecule has 1 unspecified atom stereocenters. The van der Waals surface area contributed by atoms with Crippen LogP contribution in [0.2, 0.25) is 0 Å². The standard InChI is InChI=1S/C16H18OS/c1-12-9-13(2)15(17)16(3,10-12)11-18-14-7-5-4-6-8-14/h4-10H,11H2,1-3H3. The van der Waals surface area contributed by atoms with E-state index in [1.54, 1.807) is 11.8 Å². The van der Waals surface area contributed by atoms with Crippen molar-refractivity contribution in [1.29, 1.82) is 0 Å². The summed E-state index contributed by atoms with van der Waals surface area (Å²) in [6.07, 6.45) is 4.07. The number of benzene rings is 1. The van der Waals surface area contributed by atoms with Crippen LogP contribution in [0.4, 0.5) is 0 Å². The van der Waals surface area contributed by atoms with Gasteiger partial charge in [-0.2, -0.15) is 0 Å². The zero-order valence-corrected chi connectivity index (χ0v) is 11.9. The molecule has 0 N–H and O–H groups in total. The van der Waals surface area contributed by atoms with Crippen molar-refractivity contribution < 1.29 is 4.79 Å². The molecule has 1 aliphatic rings. The average molecular weight is 258 g/mol. The van der Waals surface area contributed by atoms with E-state index in [-0.39, 0.29) is 11.2 Å². The Morgan fingerprint density at radius 2 is 1.83 bits per heavy atom. The van der Waals surface area contributed by atoms with Crippen molar-refractivity contribution in [2.45, 2.75) is 25.7 Å². The predicted molar refractivity (Wildman–Crippen MR) is 77.8 cm³/mol. The van der Waals surface area contributed by atoms with E-state index in [1.165, 1.54) is 10.5 Å². The summed E-state index contributed by atoms with van der Waals surface area (Å²) >= 11 is 1.74. The number of carbonyl (C=O) groups excluding carboxylic acids is 1. The third-order valence-corrected chi connectivity index (χ3v) is 4.50. The predicted octanol–water partition coefficient (Wildman–Crippen LogP) is 4.26. The second-order valence-corrected chi connectivity index (χ2v) is 6.11. The second kappa shape index (κ2) is 5.15. The highest BCUT2D eigenvalue weighted by atomic mass is 32.2. The Labute approximate surface area is 113 Å². The van der Waals surface area contributed by atoms with Gasteiger partial charge >= 0.3 is 0 Å². The number of rotatable bonds is 3. The first-order valence-electron chi connectivity index (χ1n) is 6.12. The molecule has 0 heterocycles. The van der Waals surface area contributed by atoms with Crippen molar-refractivity contribution in [3.05, 3.63) is 53.6 Å². The molecule has 0 amide bonds. The highest BCUT2D eigenvalue weighted by Gasteiger charge is 2.33. The molecule has 0 fully saturated rings. The summed E-state index contributed by atoms with van der Waals surface area (Å²) in [5, 5.41) is 0. The summed E-state index contributed by atoms with van der Waals surface area (Å²) in [6, 6.07) is 10.2. The molecule has 18 heavy (non-hydrogen) atoms. The van der Waals surface area contributed by atoms with Gasteiger partial charge < -0.3 is 0 Å². The fraction of sp³-hybridized carbons (Fsp3) is 0.312. The molecule has 0 saturated heterocycles. The van der Waals surface area contributed by atoms with Crippen LogP contribution in [-0.2, 0) is 4.79 Å². The normalized spacial score (nSPS) is 23.6. The summed E-state index contributed by atoms with van der Waals surface area (Å²) in [5.41, 5.74) is 1.68.